The molecule has 15 heavy (non-hydrogen) atoms. The third-order valence-corrected chi connectivity index (χ3v) is 4.77. The predicted molar refractivity (Wildman–Crippen MR) is 67.9 cm³/mol. The van der Waals surface area contributed by atoms with Crippen LogP contribution in [0.4, 0.5) is 0 Å². The van der Waals surface area contributed by atoms with Gasteiger partial charge < -0.3 is 10.6 Å². The minimum atomic E-state index is 0.0250. The maximum absolute atomic E-state index is 5.74. The number of fused-ring (bicyclic) bond motifs is 2. The fourth-order valence-electron chi connectivity index (χ4n) is 2.85. The van der Waals surface area contributed by atoms with Crippen LogP contribution in [-0.2, 0) is 0 Å². The van der Waals surface area contributed by atoms with Crippen molar-refractivity contribution >= 4 is 17.2 Å². The maximum Gasteiger partial charge on any atom is 0.0784 e. The van der Waals surface area contributed by atoms with Gasteiger partial charge in [0.2, 0.25) is 0 Å². The van der Waals surface area contributed by atoms with Gasteiger partial charge in [0.05, 0.1) is 4.99 Å². The van der Waals surface area contributed by atoms with Crippen LogP contribution < -0.4 is 5.73 Å². The molecule has 3 heteroatoms. The zero-order valence-corrected chi connectivity index (χ0v) is 10.6. The maximum atomic E-state index is 5.74. The van der Waals surface area contributed by atoms with Crippen LogP contribution in [0.15, 0.2) is 0 Å². The normalized spacial score (nSPS) is 31.1. The lowest BCUT2D eigenvalue weighted by atomic mass is 9.89. The molecule has 86 valence electrons. The number of nitrogens with two attached hydrogens (primary N) is 1. The molecular weight excluding hydrogens is 204 g/mol. The minimum Gasteiger partial charge on any atom is -0.393 e. The van der Waals surface area contributed by atoms with E-state index in [0.29, 0.717) is 4.99 Å². The molecule has 2 aliphatic rings. The summed E-state index contributed by atoms with van der Waals surface area (Å²) in [6.45, 7) is 6.80. The van der Waals surface area contributed by atoms with E-state index < -0.39 is 0 Å². The number of nitrogens with zero attached hydrogens (tertiary/aromatic N) is 1. The first kappa shape index (κ1) is 11.3. The molecule has 1 aliphatic heterocycles. The SMILES string of the molecule is CC(C)(CCN1CC2CCC1C2)C(N)=S. The van der Waals surface area contributed by atoms with E-state index in [1.54, 1.807) is 0 Å². The van der Waals surface area contributed by atoms with Crippen molar-refractivity contribution in [1.82, 2.24) is 4.90 Å². The standard InChI is InChI=1S/C12H22N2S/c1-12(2,11(13)15)5-6-14-8-9-3-4-10(14)7-9/h9-10H,3-8H2,1-2H3,(H2,13,15). The Bertz CT molecular complexity index is 262. The van der Waals surface area contributed by atoms with Gasteiger partial charge in [0, 0.05) is 18.0 Å². The van der Waals surface area contributed by atoms with Crippen molar-refractivity contribution < 1.29 is 0 Å². The van der Waals surface area contributed by atoms with Gasteiger partial charge in [0.15, 0.2) is 0 Å². The first-order valence-corrected chi connectivity index (χ1v) is 6.44. The van der Waals surface area contributed by atoms with Gasteiger partial charge in [-0.25, -0.2) is 0 Å². The van der Waals surface area contributed by atoms with Crippen LogP contribution in [0.25, 0.3) is 0 Å². The van der Waals surface area contributed by atoms with Crippen molar-refractivity contribution in [3.8, 4) is 0 Å². The Hall–Kier alpha value is -0.150. The summed E-state index contributed by atoms with van der Waals surface area (Å²) in [4.78, 5) is 3.31. The fraction of sp³-hybridized carbons (Fsp3) is 0.917. The highest BCUT2D eigenvalue weighted by Crippen LogP contribution is 2.38. The highest BCUT2D eigenvalue weighted by molar-refractivity contribution is 7.80. The Morgan fingerprint density at radius 3 is 2.67 bits per heavy atom. The number of hydrogen-bond acceptors (Lipinski definition) is 2. The van der Waals surface area contributed by atoms with E-state index in [1.807, 2.05) is 0 Å². The average molecular weight is 226 g/mol. The van der Waals surface area contributed by atoms with E-state index in [9.17, 15) is 0 Å². The summed E-state index contributed by atoms with van der Waals surface area (Å²) in [5.41, 5.74) is 5.77. The third-order valence-electron chi connectivity index (χ3n) is 4.21. The third kappa shape index (κ3) is 2.34. The topological polar surface area (TPSA) is 29.3 Å². The van der Waals surface area contributed by atoms with Gasteiger partial charge in [-0.2, -0.15) is 0 Å². The first-order chi connectivity index (χ1) is 6.99. The molecule has 0 amide bonds. The van der Waals surface area contributed by atoms with Gasteiger partial charge in [-0.15, -0.1) is 0 Å². The van der Waals surface area contributed by atoms with E-state index in [-0.39, 0.29) is 5.41 Å². The Morgan fingerprint density at radius 2 is 2.20 bits per heavy atom. The quantitative estimate of drug-likeness (QED) is 0.745. The molecule has 0 radical (unpaired) electrons. The number of likely N-dealkylation sites (tertiary alicyclic amines) is 1. The lowest BCUT2D eigenvalue weighted by molar-refractivity contribution is 0.195. The number of piperidine rings is 1. The van der Waals surface area contributed by atoms with E-state index in [1.165, 1.54) is 32.4 Å². The molecule has 2 nitrogen and oxygen atoms in total. The number of rotatable bonds is 4. The molecule has 0 aromatic rings. The van der Waals surface area contributed by atoms with E-state index in [0.717, 1.165) is 18.4 Å². The Morgan fingerprint density at radius 1 is 1.47 bits per heavy atom. The highest BCUT2D eigenvalue weighted by Gasteiger charge is 2.38. The minimum absolute atomic E-state index is 0.0250. The van der Waals surface area contributed by atoms with Crippen molar-refractivity contribution in [3.63, 3.8) is 0 Å². The Labute approximate surface area is 98.2 Å². The van der Waals surface area contributed by atoms with Crippen LogP contribution in [-0.4, -0.2) is 29.0 Å². The molecule has 1 saturated heterocycles. The second kappa shape index (κ2) is 4.02. The Balaban J connectivity index is 1.81. The summed E-state index contributed by atoms with van der Waals surface area (Å²) in [5.74, 6) is 0.989. The van der Waals surface area contributed by atoms with Gasteiger partial charge >= 0.3 is 0 Å². The second-order valence-corrected chi connectivity index (χ2v) is 6.27. The monoisotopic (exact) mass is 226 g/mol. The number of thiocarbonyl (C=S) groups is 1. The van der Waals surface area contributed by atoms with Gasteiger partial charge in [-0.1, -0.05) is 26.1 Å². The van der Waals surface area contributed by atoms with Gasteiger partial charge in [-0.3, -0.25) is 0 Å². The highest BCUT2D eigenvalue weighted by atomic mass is 32.1. The van der Waals surface area contributed by atoms with Crippen molar-refractivity contribution in [2.75, 3.05) is 13.1 Å². The number of hydrogen-bond donors (Lipinski definition) is 1. The van der Waals surface area contributed by atoms with Gasteiger partial charge in [0.25, 0.3) is 0 Å². The molecule has 0 aromatic carbocycles. The summed E-state index contributed by atoms with van der Waals surface area (Å²) in [7, 11) is 0. The molecule has 1 heterocycles. The molecule has 2 bridgehead atoms. The molecule has 1 aliphatic carbocycles. The largest absolute Gasteiger partial charge is 0.393 e. The van der Waals surface area contributed by atoms with Crippen LogP contribution in [0.5, 0.6) is 0 Å². The smallest absolute Gasteiger partial charge is 0.0784 e. The summed E-state index contributed by atoms with van der Waals surface area (Å²) in [6.07, 6.45) is 5.41. The van der Waals surface area contributed by atoms with Crippen LogP contribution in [0, 0.1) is 11.3 Å². The lowest BCUT2D eigenvalue weighted by Crippen LogP contribution is -2.38. The molecule has 2 unspecified atom stereocenters. The Kier molecular flexibility index (Phi) is 3.04. The van der Waals surface area contributed by atoms with Gasteiger partial charge in [-0.05, 0) is 38.1 Å². The van der Waals surface area contributed by atoms with Crippen LogP contribution in [0.3, 0.4) is 0 Å². The zero-order chi connectivity index (χ0) is 11.1. The van der Waals surface area contributed by atoms with E-state index in [2.05, 4.69) is 18.7 Å². The van der Waals surface area contributed by atoms with Crippen LogP contribution >= 0.6 is 12.2 Å². The second-order valence-electron chi connectivity index (χ2n) is 5.83. The zero-order valence-electron chi connectivity index (χ0n) is 9.83. The first-order valence-electron chi connectivity index (χ1n) is 6.03. The van der Waals surface area contributed by atoms with Crippen LogP contribution in [0.1, 0.15) is 39.5 Å². The van der Waals surface area contributed by atoms with Crippen LogP contribution in [0.2, 0.25) is 0 Å². The molecule has 2 fully saturated rings. The molecule has 1 saturated carbocycles. The summed E-state index contributed by atoms with van der Waals surface area (Å²) >= 11 is 5.10. The molecule has 2 rings (SSSR count). The predicted octanol–water partition coefficient (Wildman–Crippen LogP) is 2.17. The van der Waals surface area contributed by atoms with E-state index in [4.69, 9.17) is 18.0 Å². The molecular formula is C12H22N2S. The van der Waals surface area contributed by atoms with E-state index >= 15 is 0 Å². The van der Waals surface area contributed by atoms with Crippen molar-refractivity contribution in [2.45, 2.75) is 45.6 Å². The van der Waals surface area contributed by atoms with Crippen molar-refractivity contribution in [1.29, 1.82) is 0 Å². The molecule has 0 spiro atoms. The van der Waals surface area contributed by atoms with Gasteiger partial charge in [0.1, 0.15) is 0 Å². The molecule has 2 N–H and O–H groups in total. The molecule has 2 atom stereocenters. The summed E-state index contributed by atoms with van der Waals surface area (Å²) < 4.78 is 0. The fourth-order valence-corrected chi connectivity index (χ4v) is 2.95. The lowest BCUT2D eigenvalue weighted by Gasteiger charge is -2.31. The molecule has 0 aromatic heterocycles. The summed E-state index contributed by atoms with van der Waals surface area (Å²) in [6, 6.07) is 0.872. The van der Waals surface area contributed by atoms with Crippen molar-refractivity contribution in [2.24, 2.45) is 17.1 Å². The summed E-state index contributed by atoms with van der Waals surface area (Å²) in [5, 5.41) is 0. The average Bonchev–Trinajstić information content (AvgIpc) is 2.75. The van der Waals surface area contributed by atoms with Crippen molar-refractivity contribution in [3.05, 3.63) is 0 Å².